The van der Waals surface area contributed by atoms with Crippen molar-refractivity contribution in [3.8, 4) is 22.5 Å². The minimum absolute atomic E-state index is 0.0916. The van der Waals surface area contributed by atoms with Crippen molar-refractivity contribution in [1.29, 1.82) is 0 Å². The summed E-state index contributed by atoms with van der Waals surface area (Å²) in [5.41, 5.74) is 5.82. The van der Waals surface area contributed by atoms with Gasteiger partial charge in [0.15, 0.2) is 0 Å². The molecule has 1 aromatic heterocycles. The molecular formula is C27H25N5O3. The number of carboxylic acid groups (broad SMARTS) is 1. The quantitative estimate of drug-likeness (QED) is 0.406. The van der Waals surface area contributed by atoms with Gasteiger partial charge in [0.05, 0.1) is 12.1 Å². The topological polar surface area (TPSA) is 112 Å². The largest absolute Gasteiger partial charge is 0.478 e. The fourth-order valence-electron chi connectivity index (χ4n) is 4.75. The van der Waals surface area contributed by atoms with Crippen LogP contribution in [0.25, 0.3) is 22.5 Å². The maximum absolute atomic E-state index is 13.4. The highest BCUT2D eigenvalue weighted by molar-refractivity contribution is 5.99. The van der Waals surface area contributed by atoms with E-state index < -0.39 is 5.97 Å². The van der Waals surface area contributed by atoms with E-state index in [4.69, 9.17) is 0 Å². The number of hydrogen-bond donors (Lipinski definition) is 2. The lowest BCUT2D eigenvalue weighted by molar-refractivity contribution is -0.123. The lowest BCUT2D eigenvalue weighted by atomic mass is 9.87. The number of anilines is 1. The van der Waals surface area contributed by atoms with Crippen LogP contribution in [0.1, 0.15) is 41.3 Å². The van der Waals surface area contributed by atoms with Crippen molar-refractivity contribution in [2.24, 2.45) is 5.92 Å². The third-order valence-corrected chi connectivity index (χ3v) is 6.45. The van der Waals surface area contributed by atoms with E-state index in [0.29, 0.717) is 18.8 Å². The first-order valence-electron chi connectivity index (χ1n) is 11.6. The van der Waals surface area contributed by atoms with E-state index in [1.807, 2.05) is 48.5 Å². The molecular weight excluding hydrogens is 442 g/mol. The minimum atomic E-state index is -0.958. The molecule has 1 aliphatic heterocycles. The average Bonchev–Trinajstić information content (AvgIpc) is 3.42. The number of carboxylic acids is 1. The Morgan fingerprint density at radius 3 is 2.54 bits per heavy atom. The van der Waals surface area contributed by atoms with Gasteiger partial charge in [-0.15, -0.1) is 10.2 Å². The highest BCUT2D eigenvalue weighted by atomic mass is 16.4. The number of carbonyl (C=O) groups excluding carboxylic acids is 1. The van der Waals surface area contributed by atoms with Crippen LogP contribution in [0.2, 0.25) is 0 Å². The molecule has 4 aromatic rings. The summed E-state index contributed by atoms with van der Waals surface area (Å²) in [4.78, 5) is 26.6. The van der Waals surface area contributed by atoms with Crippen molar-refractivity contribution in [3.05, 3.63) is 83.4 Å². The second-order valence-electron chi connectivity index (χ2n) is 8.74. The van der Waals surface area contributed by atoms with Gasteiger partial charge in [-0.25, -0.2) is 4.79 Å². The van der Waals surface area contributed by atoms with Gasteiger partial charge in [0.25, 0.3) is 0 Å². The number of fused-ring (bicyclic) bond motifs is 1. The summed E-state index contributed by atoms with van der Waals surface area (Å²) in [6.45, 7) is 2.48. The molecule has 0 aliphatic carbocycles. The Bertz CT molecular complexity index is 1370. The zero-order valence-electron chi connectivity index (χ0n) is 19.3. The smallest absolute Gasteiger partial charge is 0.335 e. The molecule has 5 rings (SSSR count). The maximum atomic E-state index is 13.4. The van der Waals surface area contributed by atoms with Gasteiger partial charge in [0.2, 0.25) is 11.7 Å². The van der Waals surface area contributed by atoms with E-state index in [9.17, 15) is 14.7 Å². The average molecular weight is 468 g/mol. The zero-order valence-corrected chi connectivity index (χ0v) is 19.3. The summed E-state index contributed by atoms with van der Waals surface area (Å²) >= 11 is 0. The molecule has 35 heavy (non-hydrogen) atoms. The molecule has 8 heteroatoms. The van der Waals surface area contributed by atoms with Gasteiger partial charge >= 0.3 is 5.97 Å². The number of aromatic carboxylic acids is 1. The van der Waals surface area contributed by atoms with E-state index >= 15 is 0 Å². The molecule has 3 aromatic carbocycles. The molecule has 176 valence electrons. The first-order chi connectivity index (χ1) is 17.0. The molecule has 0 fully saturated rings. The maximum Gasteiger partial charge on any atom is 0.335 e. The minimum Gasteiger partial charge on any atom is -0.478 e. The molecule has 0 saturated carbocycles. The van der Waals surface area contributed by atoms with Gasteiger partial charge in [0.1, 0.15) is 0 Å². The number of nitrogens with zero attached hydrogens (tertiary/aromatic N) is 4. The van der Waals surface area contributed by atoms with Crippen LogP contribution < -0.4 is 4.90 Å². The van der Waals surface area contributed by atoms with Crippen LogP contribution in [0, 0.1) is 5.92 Å². The molecule has 0 radical (unpaired) electrons. The summed E-state index contributed by atoms with van der Waals surface area (Å²) in [5, 5.41) is 23.8. The van der Waals surface area contributed by atoms with E-state index in [-0.39, 0.29) is 17.4 Å². The highest BCUT2D eigenvalue weighted by Crippen LogP contribution is 2.35. The first-order valence-corrected chi connectivity index (χ1v) is 11.6. The molecule has 1 atom stereocenters. The molecule has 0 saturated heterocycles. The van der Waals surface area contributed by atoms with Gasteiger partial charge in [0, 0.05) is 17.2 Å². The van der Waals surface area contributed by atoms with Crippen molar-refractivity contribution in [1.82, 2.24) is 20.6 Å². The SMILES string of the molecule is CCCC1Cc2cc(C(=O)O)ccc2N(Cc2ccc(-c3ccccc3-c3nn[nH]n3)cc2)C1=O. The number of nitrogens with one attached hydrogen (secondary N) is 1. The molecule has 2 heterocycles. The zero-order chi connectivity index (χ0) is 24.4. The van der Waals surface area contributed by atoms with Gasteiger partial charge in [-0.2, -0.15) is 5.21 Å². The monoisotopic (exact) mass is 467 g/mol. The number of aromatic nitrogens is 4. The third kappa shape index (κ3) is 4.42. The molecule has 1 aliphatic rings. The predicted octanol–water partition coefficient (Wildman–Crippen LogP) is 4.74. The Morgan fingerprint density at radius 1 is 1.09 bits per heavy atom. The summed E-state index contributed by atoms with van der Waals surface area (Å²) < 4.78 is 0. The van der Waals surface area contributed by atoms with Crippen LogP contribution in [0.5, 0.6) is 0 Å². The van der Waals surface area contributed by atoms with Crippen LogP contribution >= 0.6 is 0 Å². The van der Waals surface area contributed by atoms with Gasteiger partial charge in [-0.3, -0.25) is 4.79 Å². The first kappa shape index (κ1) is 22.5. The Kier molecular flexibility index (Phi) is 6.10. The van der Waals surface area contributed by atoms with Crippen molar-refractivity contribution >= 4 is 17.6 Å². The van der Waals surface area contributed by atoms with Crippen molar-refractivity contribution < 1.29 is 14.7 Å². The summed E-state index contributed by atoms with van der Waals surface area (Å²) in [6.07, 6.45) is 2.25. The summed E-state index contributed by atoms with van der Waals surface area (Å²) in [7, 11) is 0. The molecule has 2 N–H and O–H groups in total. The van der Waals surface area contributed by atoms with Crippen LogP contribution in [-0.2, 0) is 17.8 Å². The van der Waals surface area contributed by atoms with Gasteiger partial charge in [-0.1, -0.05) is 61.9 Å². The Labute approximate surface area is 202 Å². The summed E-state index contributed by atoms with van der Waals surface area (Å²) in [5.74, 6) is -0.477. The molecule has 0 spiro atoms. The lowest BCUT2D eigenvalue weighted by Crippen LogP contribution is -2.41. The van der Waals surface area contributed by atoms with Crippen molar-refractivity contribution in [2.45, 2.75) is 32.7 Å². The fraction of sp³-hybridized carbons (Fsp3) is 0.222. The van der Waals surface area contributed by atoms with Crippen LogP contribution in [0.3, 0.4) is 0 Å². The van der Waals surface area contributed by atoms with E-state index in [1.165, 1.54) is 0 Å². The molecule has 0 bridgehead atoms. The number of amides is 1. The Balaban J connectivity index is 1.45. The highest BCUT2D eigenvalue weighted by Gasteiger charge is 2.32. The fourth-order valence-corrected chi connectivity index (χ4v) is 4.75. The molecule has 1 amide bonds. The number of tetrazole rings is 1. The summed E-state index contributed by atoms with van der Waals surface area (Å²) in [6, 6.07) is 21.0. The Morgan fingerprint density at radius 2 is 1.86 bits per heavy atom. The van der Waals surface area contributed by atoms with E-state index in [2.05, 4.69) is 27.5 Å². The normalized spacial score (nSPS) is 15.2. The van der Waals surface area contributed by atoms with Crippen LogP contribution in [-0.4, -0.2) is 37.6 Å². The van der Waals surface area contributed by atoms with Gasteiger partial charge < -0.3 is 10.0 Å². The van der Waals surface area contributed by atoms with Crippen LogP contribution in [0.15, 0.2) is 66.7 Å². The number of rotatable bonds is 7. The molecule has 8 nitrogen and oxygen atoms in total. The number of hydrogen-bond acceptors (Lipinski definition) is 5. The number of H-pyrrole nitrogens is 1. The van der Waals surface area contributed by atoms with E-state index in [0.717, 1.165) is 46.3 Å². The number of benzene rings is 3. The number of carbonyl (C=O) groups is 2. The third-order valence-electron chi connectivity index (χ3n) is 6.45. The standard InChI is InChI=1S/C27H25N5O3/c1-2-5-19-14-21-15-20(27(34)35)12-13-24(21)32(26(19)33)16-17-8-10-18(11-9-17)22-6-3-4-7-23(22)25-28-30-31-29-25/h3-4,6-13,15,19H,2,5,14,16H2,1H3,(H,34,35)(H,28,29,30,31). The lowest BCUT2D eigenvalue weighted by Gasteiger charge is -2.34. The van der Waals surface area contributed by atoms with Gasteiger partial charge in [-0.05, 0) is 58.5 Å². The predicted molar refractivity (Wildman–Crippen MR) is 132 cm³/mol. The second kappa shape index (κ2) is 9.50. The number of aromatic amines is 1. The van der Waals surface area contributed by atoms with Crippen molar-refractivity contribution in [2.75, 3.05) is 4.90 Å². The van der Waals surface area contributed by atoms with E-state index in [1.54, 1.807) is 23.1 Å². The molecule has 1 unspecified atom stereocenters. The Hall–Kier alpha value is -4.33. The second-order valence-corrected chi connectivity index (χ2v) is 8.74. The van der Waals surface area contributed by atoms with Crippen LogP contribution in [0.4, 0.5) is 5.69 Å². The van der Waals surface area contributed by atoms with Crippen molar-refractivity contribution in [3.63, 3.8) is 0 Å².